The molecular weight excluding hydrogens is 244 g/mol. The molecule has 106 valence electrons. The first-order valence-electron chi connectivity index (χ1n) is 8.09. The zero-order valence-corrected chi connectivity index (χ0v) is 12.1. The molecule has 0 saturated heterocycles. The minimum Gasteiger partial charge on any atom is -0.309 e. The second-order valence-corrected chi connectivity index (χ2v) is 6.35. The number of nitrogens with zero attached hydrogens (tertiary/aromatic N) is 1. The van der Waals surface area contributed by atoms with Crippen molar-refractivity contribution in [3.05, 3.63) is 35.9 Å². The largest absolute Gasteiger partial charge is 0.309 e. The molecule has 4 unspecified atom stereocenters. The predicted molar refractivity (Wildman–Crippen MR) is 81.3 cm³/mol. The van der Waals surface area contributed by atoms with Gasteiger partial charge in [-0.15, -0.1) is 0 Å². The van der Waals surface area contributed by atoms with Gasteiger partial charge in [0.05, 0.1) is 12.0 Å². The normalized spacial score (nSPS) is 33.8. The lowest BCUT2D eigenvalue weighted by molar-refractivity contribution is 0.287. The van der Waals surface area contributed by atoms with Crippen LogP contribution in [0.3, 0.4) is 0 Å². The van der Waals surface area contributed by atoms with Crippen LogP contribution in [0.2, 0.25) is 0 Å². The van der Waals surface area contributed by atoms with Crippen LogP contribution in [0.15, 0.2) is 30.3 Å². The lowest BCUT2D eigenvalue weighted by atomic mass is 9.79. The minimum absolute atomic E-state index is 0.230. The third-order valence-electron chi connectivity index (χ3n) is 5.10. The first kappa shape index (κ1) is 13.6. The maximum atomic E-state index is 9.26. The molecule has 1 aromatic rings. The number of nitriles is 1. The van der Waals surface area contributed by atoms with Crippen molar-refractivity contribution >= 4 is 0 Å². The van der Waals surface area contributed by atoms with E-state index in [0.29, 0.717) is 18.0 Å². The van der Waals surface area contributed by atoms with E-state index < -0.39 is 0 Å². The van der Waals surface area contributed by atoms with Crippen LogP contribution < -0.4 is 5.32 Å². The summed E-state index contributed by atoms with van der Waals surface area (Å²) in [7, 11) is 0. The van der Waals surface area contributed by atoms with Crippen molar-refractivity contribution in [1.82, 2.24) is 5.32 Å². The summed E-state index contributed by atoms with van der Waals surface area (Å²) in [6.07, 6.45) is 8.67. The first-order valence-corrected chi connectivity index (χ1v) is 8.09. The highest BCUT2D eigenvalue weighted by Crippen LogP contribution is 2.35. The van der Waals surface area contributed by atoms with Gasteiger partial charge in [0.1, 0.15) is 0 Å². The van der Waals surface area contributed by atoms with E-state index in [1.54, 1.807) is 0 Å². The zero-order valence-electron chi connectivity index (χ0n) is 12.1. The van der Waals surface area contributed by atoms with Gasteiger partial charge in [0.2, 0.25) is 0 Å². The maximum Gasteiger partial charge on any atom is 0.0672 e. The van der Waals surface area contributed by atoms with Gasteiger partial charge < -0.3 is 5.32 Å². The second kappa shape index (κ2) is 6.41. The van der Waals surface area contributed by atoms with Gasteiger partial charge in [0.15, 0.2) is 0 Å². The van der Waals surface area contributed by atoms with Crippen molar-refractivity contribution in [3.63, 3.8) is 0 Å². The molecule has 3 rings (SSSR count). The summed E-state index contributed by atoms with van der Waals surface area (Å²) >= 11 is 0. The number of benzene rings is 1. The van der Waals surface area contributed by atoms with Crippen LogP contribution >= 0.6 is 0 Å². The Morgan fingerprint density at radius 2 is 1.65 bits per heavy atom. The summed E-state index contributed by atoms with van der Waals surface area (Å²) in [6, 6.07) is 14.4. The van der Waals surface area contributed by atoms with E-state index in [2.05, 4.69) is 41.7 Å². The van der Waals surface area contributed by atoms with E-state index in [9.17, 15) is 5.26 Å². The summed E-state index contributed by atoms with van der Waals surface area (Å²) in [5.74, 6) is 0.859. The Kier molecular flexibility index (Phi) is 4.38. The molecule has 0 heterocycles. The number of hydrogen-bond acceptors (Lipinski definition) is 2. The quantitative estimate of drug-likeness (QED) is 0.899. The molecule has 0 spiro atoms. The molecule has 0 amide bonds. The lowest BCUT2D eigenvalue weighted by Gasteiger charge is -2.35. The van der Waals surface area contributed by atoms with Gasteiger partial charge in [-0.25, -0.2) is 0 Å². The standard InChI is InChI=1S/C18H24N2/c19-13-15-9-6-12-17(15)20-18-11-5-4-10-16(18)14-7-2-1-3-8-14/h1-3,7-8,15-18,20H,4-6,9-12H2. The highest BCUT2D eigenvalue weighted by molar-refractivity contribution is 5.22. The molecule has 4 atom stereocenters. The molecule has 2 fully saturated rings. The Balaban J connectivity index is 1.71. The van der Waals surface area contributed by atoms with Crippen molar-refractivity contribution in [2.75, 3.05) is 0 Å². The molecule has 0 bridgehead atoms. The molecule has 0 radical (unpaired) electrons. The van der Waals surface area contributed by atoms with Crippen molar-refractivity contribution in [1.29, 1.82) is 5.26 Å². The van der Waals surface area contributed by atoms with Gasteiger partial charge in [0.25, 0.3) is 0 Å². The van der Waals surface area contributed by atoms with Gasteiger partial charge >= 0.3 is 0 Å². The summed E-state index contributed by atoms with van der Waals surface area (Å²) < 4.78 is 0. The Morgan fingerprint density at radius 1 is 0.900 bits per heavy atom. The SMILES string of the molecule is N#CC1CCCC1NC1CCCCC1c1ccccc1. The topological polar surface area (TPSA) is 35.8 Å². The van der Waals surface area contributed by atoms with Crippen LogP contribution in [0.1, 0.15) is 56.4 Å². The average molecular weight is 268 g/mol. The van der Waals surface area contributed by atoms with E-state index in [1.807, 2.05) is 0 Å². The molecule has 2 aliphatic carbocycles. The summed E-state index contributed by atoms with van der Waals surface area (Å²) in [6.45, 7) is 0. The Hall–Kier alpha value is -1.33. The molecule has 0 aromatic heterocycles. The van der Waals surface area contributed by atoms with Crippen molar-refractivity contribution in [2.45, 2.75) is 62.9 Å². The van der Waals surface area contributed by atoms with Crippen molar-refractivity contribution < 1.29 is 0 Å². The van der Waals surface area contributed by atoms with Gasteiger partial charge in [0, 0.05) is 12.1 Å². The summed E-state index contributed by atoms with van der Waals surface area (Å²) in [5, 5.41) is 13.1. The highest BCUT2D eigenvalue weighted by atomic mass is 15.0. The fourth-order valence-electron chi connectivity index (χ4n) is 4.02. The van der Waals surface area contributed by atoms with Crippen LogP contribution in [-0.2, 0) is 0 Å². The van der Waals surface area contributed by atoms with Gasteiger partial charge in [-0.3, -0.25) is 0 Å². The summed E-state index contributed by atoms with van der Waals surface area (Å²) in [4.78, 5) is 0. The van der Waals surface area contributed by atoms with E-state index in [0.717, 1.165) is 6.42 Å². The van der Waals surface area contributed by atoms with E-state index in [-0.39, 0.29) is 5.92 Å². The molecular formula is C18H24N2. The first-order chi connectivity index (χ1) is 9.88. The second-order valence-electron chi connectivity index (χ2n) is 6.35. The van der Waals surface area contributed by atoms with E-state index in [4.69, 9.17) is 0 Å². The minimum atomic E-state index is 0.230. The van der Waals surface area contributed by atoms with Gasteiger partial charge in [-0.1, -0.05) is 49.6 Å². The molecule has 2 nitrogen and oxygen atoms in total. The van der Waals surface area contributed by atoms with Crippen molar-refractivity contribution in [2.24, 2.45) is 5.92 Å². The Labute approximate surface area is 122 Å². The van der Waals surface area contributed by atoms with Crippen LogP contribution in [0.4, 0.5) is 0 Å². The van der Waals surface area contributed by atoms with E-state index >= 15 is 0 Å². The number of nitrogens with one attached hydrogen (secondary N) is 1. The Bertz CT molecular complexity index is 462. The molecule has 2 aliphatic rings. The summed E-state index contributed by atoms with van der Waals surface area (Å²) in [5.41, 5.74) is 1.47. The molecule has 1 aromatic carbocycles. The highest BCUT2D eigenvalue weighted by Gasteiger charge is 2.33. The predicted octanol–water partition coefficient (Wildman–Crippen LogP) is 3.99. The Morgan fingerprint density at radius 3 is 2.45 bits per heavy atom. The van der Waals surface area contributed by atoms with Crippen LogP contribution in [0.5, 0.6) is 0 Å². The third kappa shape index (κ3) is 2.88. The van der Waals surface area contributed by atoms with Gasteiger partial charge in [-0.2, -0.15) is 5.26 Å². The molecule has 2 saturated carbocycles. The monoisotopic (exact) mass is 268 g/mol. The molecule has 1 N–H and O–H groups in total. The fraction of sp³-hybridized carbons (Fsp3) is 0.611. The average Bonchev–Trinajstić information content (AvgIpc) is 2.96. The molecule has 2 heteroatoms. The van der Waals surface area contributed by atoms with E-state index in [1.165, 1.54) is 44.1 Å². The van der Waals surface area contributed by atoms with Crippen molar-refractivity contribution in [3.8, 4) is 6.07 Å². The molecule has 0 aliphatic heterocycles. The van der Waals surface area contributed by atoms with Crippen LogP contribution in [0.25, 0.3) is 0 Å². The fourth-order valence-corrected chi connectivity index (χ4v) is 4.02. The smallest absolute Gasteiger partial charge is 0.0672 e. The molecule has 20 heavy (non-hydrogen) atoms. The third-order valence-corrected chi connectivity index (χ3v) is 5.10. The van der Waals surface area contributed by atoms with Crippen LogP contribution in [0, 0.1) is 17.2 Å². The number of rotatable bonds is 3. The van der Waals surface area contributed by atoms with Crippen LogP contribution in [-0.4, -0.2) is 12.1 Å². The lowest BCUT2D eigenvalue weighted by Crippen LogP contribution is -2.44. The number of hydrogen-bond donors (Lipinski definition) is 1. The maximum absolute atomic E-state index is 9.26. The van der Waals surface area contributed by atoms with Gasteiger partial charge in [-0.05, 0) is 37.2 Å². The zero-order chi connectivity index (χ0) is 13.8.